The summed E-state index contributed by atoms with van der Waals surface area (Å²) in [5.41, 5.74) is 0. The van der Waals surface area contributed by atoms with Gasteiger partial charge in [0.15, 0.2) is 5.96 Å². The van der Waals surface area contributed by atoms with E-state index in [9.17, 15) is 4.79 Å². The van der Waals surface area contributed by atoms with Crippen molar-refractivity contribution in [2.24, 2.45) is 10.9 Å². The standard InChI is InChI=1S/C16H26N4O2S.HI/c1-17-16(20(2)11-13-6-9-22-12-13)19-8-4-7-18-15(21)14-5-3-10-23-14;/h3,5,10,13H,4,6-9,11-12H2,1-2H3,(H,17,19)(H,18,21);1H. The van der Waals surface area contributed by atoms with Crippen LogP contribution in [-0.4, -0.2) is 63.7 Å². The second-order valence-corrected chi connectivity index (χ2v) is 6.62. The van der Waals surface area contributed by atoms with Gasteiger partial charge in [0.25, 0.3) is 5.91 Å². The number of nitrogens with zero attached hydrogens (tertiary/aromatic N) is 2. The van der Waals surface area contributed by atoms with E-state index in [1.165, 1.54) is 11.3 Å². The first-order chi connectivity index (χ1) is 11.2. The Balaban J connectivity index is 0.00000288. The zero-order chi connectivity index (χ0) is 16.5. The molecule has 6 nitrogen and oxygen atoms in total. The van der Waals surface area contributed by atoms with E-state index >= 15 is 0 Å². The Labute approximate surface area is 165 Å². The normalized spacial score (nSPS) is 17.2. The fourth-order valence-corrected chi connectivity index (χ4v) is 3.21. The van der Waals surface area contributed by atoms with Crippen molar-refractivity contribution in [2.75, 3.05) is 46.9 Å². The number of hydrogen-bond acceptors (Lipinski definition) is 4. The number of halogens is 1. The van der Waals surface area contributed by atoms with E-state index in [2.05, 4.69) is 20.5 Å². The average molecular weight is 466 g/mol. The van der Waals surface area contributed by atoms with E-state index < -0.39 is 0 Å². The Bertz CT molecular complexity index is 504. The molecule has 2 rings (SSSR count). The molecule has 2 heterocycles. The maximum atomic E-state index is 11.8. The molecule has 8 heteroatoms. The minimum absolute atomic E-state index is 0. The van der Waals surface area contributed by atoms with E-state index in [0.717, 1.165) is 50.0 Å². The van der Waals surface area contributed by atoms with Gasteiger partial charge in [-0.25, -0.2) is 0 Å². The van der Waals surface area contributed by atoms with Crippen LogP contribution in [0.2, 0.25) is 0 Å². The lowest BCUT2D eigenvalue weighted by atomic mass is 10.1. The number of ether oxygens (including phenoxy) is 1. The maximum Gasteiger partial charge on any atom is 0.261 e. The van der Waals surface area contributed by atoms with Gasteiger partial charge < -0.3 is 20.3 Å². The summed E-state index contributed by atoms with van der Waals surface area (Å²) in [4.78, 5) is 19.0. The van der Waals surface area contributed by atoms with Gasteiger partial charge in [-0.2, -0.15) is 0 Å². The topological polar surface area (TPSA) is 66.0 Å². The zero-order valence-electron chi connectivity index (χ0n) is 14.3. The summed E-state index contributed by atoms with van der Waals surface area (Å²) in [6, 6.07) is 3.72. The molecule has 1 aliphatic heterocycles. The van der Waals surface area contributed by atoms with Gasteiger partial charge in [-0.15, -0.1) is 35.3 Å². The monoisotopic (exact) mass is 466 g/mol. The Morgan fingerprint density at radius 2 is 2.25 bits per heavy atom. The third-order valence-electron chi connectivity index (χ3n) is 3.80. The lowest BCUT2D eigenvalue weighted by Crippen LogP contribution is -2.42. The zero-order valence-corrected chi connectivity index (χ0v) is 17.4. The Morgan fingerprint density at radius 1 is 1.46 bits per heavy atom. The van der Waals surface area contributed by atoms with E-state index in [4.69, 9.17) is 4.74 Å². The highest BCUT2D eigenvalue weighted by Gasteiger charge is 2.18. The van der Waals surface area contributed by atoms with Crippen molar-refractivity contribution in [3.8, 4) is 0 Å². The fraction of sp³-hybridized carbons (Fsp3) is 0.625. The highest BCUT2D eigenvalue weighted by molar-refractivity contribution is 14.0. The quantitative estimate of drug-likeness (QED) is 0.280. The number of aliphatic imine (C=N–C) groups is 1. The number of carbonyl (C=O) groups excluding carboxylic acids is 1. The number of carbonyl (C=O) groups is 1. The molecule has 1 fully saturated rings. The van der Waals surface area contributed by atoms with Crippen LogP contribution in [0.25, 0.3) is 0 Å². The van der Waals surface area contributed by atoms with Crippen LogP contribution in [0.15, 0.2) is 22.5 Å². The van der Waals surface area contributed by atoms with Gasteiger partial charge >= 0.3 is 0 Å². The van der Waals surface area contributed by atoms with Crippen LogP contribution < -0.4 is 10.6 Å². The van der Waals surface area contributed by atoms with Gasteiger partial charge in [-0.05, 0) is 24.3 Å². The average Bonchev–Trinajstić information content (AvgIpc) is 3.23. The van der Waals surface area contributed by atoms with E-state index in [0.29, 0.717) is 12.5 Å². The number of thiophene rings is 1. The molecule has 1 aromatic rings. The van der Waals surface area contributed by atoms with Crippen molar-refractivity contribution in [2.45, 2.75) is 12.8 Å². The Kier molecular flexibility index (Phi) is 10.3. The molecule has 1 unspecified atom stereocenters. The molecule has 1 aromatic heterocycles. The maximum absolute atomic E-state index is 11.8. The summed E-state index contributed by atoms with van der Waals surface area (Å²) in [7, 11) is 3.84. The largest absolute Gasteiger partial charge is 0.381 e. The number of nitrogens with one attached hydrogen (secondary N) is 2. The van der Waals surface area contributed by atoms with Crippen molar-refractivity contribution >= 4 is 47.2 Å². The van der Waals surface area contributed by atoms with Crippen LogP contribution in [0.4, 0.5) is 0 Å². The molecule has 1 aliphatic rings. The molecule has 0 spiro atoms. The summed E-state index contributed by atoms with van der Waals surface area (Å²) in [5, 5.41) is 8.17. The van der Waals surface area contributed by atoms with Gasteiger partial charge in [0, 0.05) is 46.3 Å². The van der Waals surface area contributed by atoms with Crippen molar-refractivity contribution in [1.29, 1.82) is 0 Å². The summed E-state index contributed by atoms with van der Waals surface area (Å²) < 4.78 is 5.41. The first-order valence-corrected chi connectivity index (χ1v) is 8.90. The fourth-order valence-electron chi connectivity index (χ4n) is 2.57. The van der Waals surface area contributed by atoms with Crippen LogP contribution in [0, 0.1) is 5.92 Å². The molecule has 0 aromatic carbocycles. The highest BCUT2D eigenvalue weighted by atomic mass is 127. The Morgan fingerprint density at radius 3 is 2.88 bits per heavy atom. The lowest BCUT2D eigenvalue weighted by molar-refractivity contribution is 0.0957. The first kappa shape index (κ1) is 21.2. The van der Waals surface area contributed by atoms with Crippen LogP contribution in [0.5, 0.6) is 0 Å². The van der Waals surface area contributed by atoms with Gasteiger partial charge in [0.2, 0.25) is 0 Å². The molecular weight excluding hydrogens is 439 g/mol. The summed E-state index contributed by atoms with van der Waals surface area (Å²) in [6.45, 7) is 4.10. The second-order valence-electron chi connectivity index (χ2n) is 5.67. The summed E-state index contributed by atoms with van der Waals surface area (Å²) >= 11 is 1.46. The second kappa shape index (κ2) is 11.6. The highest BCUT2D eigenvalue weighted by Crippen LogP contribution is 2.13. The van der Waals surface area contributed by atoms with Crippen molar-refractivity contribution in [1.82, 2.24) is 15.5 Å². The molecule has 0 saturated carbocycles. The van der Waals surface area contributed by atoms with Crippen LogP contribution in [0.1, 0.15) is 22.5 Å². The van der Waals surface area contributed by atoms with Crippen LogP contribution in [0.3, 0.4) is 0 Å². The predicted molar refractivity (Wildman–Crippen MR) is 110 cm³/mol. The van der Waals surface area contributed by atoms with Gasteiger partial charge in [0.1, 0.15) is 0 Å². The molecule has 1 atom stereocenters. The van der Waals surface area contributed by atoms with Gasteiger partial charge in [0.05, 0.1) is 11.5 Å². The molecule has 0 aliphatic carbocycles. The molecule has 2 N–H and O–H groups in total. The number of hydrogen-bond donors (Lipinski definition) is 2. The molecule has 0 bridgehead atoms. The predicted octanol–water partition coefficient (Wildman–Crippen LogP) is 2.03. The minimum atomic E-state index is 0. The van der Waals surface area contributed by atoms with Crippen LogP contribution >= 0.6 is 35.3 Å². The third kappa shape index (κ3) is 6.94. The van der Waals surface area contributed by atoms with Gasteiger partial charge in [-0.1, -0.05) is 6.07 Å². The van der Waals surface area contributed by atoms with E-state index in [1.54, 1.807) is 7.05 Å². The van der Waals surface area contributed by atoms with Crippen molar-refractivity contribution in [3.63, 3.8) is 0 Å². The number of amides is 1. The van der Waals surface area contributed by atoms with Crippen molar-refractivity contribution < 1.29 is 9.53 Å². The molecule has 1 amide bonds. The number of guanidine groups is 1. The minimum Gasteiger partial charge on any atom is -0.381 e. The molecule has 24 heavy (non-hydrogen) atoms. The SMILES string of the molecule is CN=C(NCCCNC(=O)c1cccs1)N(C)CC1CCOC1.I. The smallest absolute Gasteiger partial charge is 0.261 e. The third-order valence-corrected chi connectivity index (χ3v) is 4.67. The summed E-state index contributed by atoms with van der Waals surface area (Å²) in [6.07, 6.45) is 1.98. The Hall–Kier alpha value is -0.870. The number of rotatable bonds is 7. The first-order valence-electron chi connectivity index (χ1n) is 8.02. The van der Waals surface area contributed by atoms with Crippen LogP contribution in [-0.2, 0) is 4.74 Å². The summed E-state index contributed by atoms with van der Waals surface area (Å²) in [5.74, 6) is 1.48. The van der Waals surface area contributed by atoms with Crippen molar-refractivity contribution in [3.05, 3.63) is 22.4 Å². The molecule has 136 valence electrons. The van der Waals surface area contributed by atoms with E-state index in [1.807, 2.05) is 24.6 Å². The molecule has 1 saturated heterocycles. The molecule has 0 radical (unpaired) electrons. The van der Waals surface area contributed by atoms with Gasteiger partial charge in [-0.3, -0.25) is 9.79 Å². The van der Waals surface area contributed by atoms with E-state index in [-0.39, 0.29) is 29.9 Å². The molecular formula is C16H27IN4O2S. The lowest BCUT2D eigenvalue weighted by Gasteiger charge is -2.24.